The number of hydrogen-bond donors (Lipinski definition) is 1. The van der Waals surface area contributed by atoms with Gasteiger partial charge in [0.15, 0.2) is 15.6 Å². The predicted octanol–water partition coefficient (Wildman–Crippen LogP) is 8.59. The molecular weight excluding hydrogens is 736 g/mol. The van der Waals surface area contributed by atoms with Gasteiger partial charge in [-0.25, -0.2) is 21.6 Å². The molecular formula is C29H19Cl3F9NO4S. The van der Waals surface area contributed by atoms with Crippen LogP contribution < -0.4 is 5.32 Å². The van der Waals surface area contributed by atoms with Crippen LogP contribution in [0.2, 0.25) is 5.02 Å². The van der Waals surface area contributed by atoms with Gasteiger partial charge >= 0.3 is 12.4 Å². The van der Waals surface area contributed by atoms with Gasteiger partial charge in [-0.05, 0) is 47.5 Å². The Kier molecular flexibility index (Phi) is 10.3. The highest BCUT2D eigenvalue weighted by atomic mass is 35.5. The van der Waals surface area contributed by atoms with Crippen molar-refractivity contribution in [2.24, 2.45) is 5.92 Å². The lowest BCUT2D eigenvalue weighted by molar-refractivity contribution is -0.140. The summed E-state index contributed by atoms with van der Waals surface area (Å²) in [5.74, 6) is -11.5. The summed E-state index contributed by atoms with van der Waals surface area (Å²) in [6.45, 7) is 0. The van der Waals surface area contributed by atoms with Crippen LogP contribution in [0.1, 0.15) is 45.0 Å². The lowest BCUT2D eigenvalue weighted by atomic mass is 10.00. The number of carbonyl (C=O) groups excluding carboxylic acids is 2. The number of anilines is 1. The molecule has 0 bridgehead atoms. The van der Waals surface area contributed by atoms with Crippen LogP contribution in [0.25, 0.3) is 0 Å². The Morgan fingerprint density at radius 3 is 2.15 bits per heavy atom. The van der Waals surface area contributed by atoms with Crippen molar-refractivity contribution in [2.75, 3.05) is 11.1 Å². The van der Waals surface area contributed by atoms with E-state index in [9.17, 15) is 53.1 Å². The summed E-state index contributed by atoms with van der Waals surface area (Å²) < 4.78 is 143. The first-order valence-corrected chi connectivity index (χ1v) is 16.1. The number of Topliss-reactive ketones (excluding diaryl/α,β-unsaturated/α-hetero) is 1. The monoisotopic (exact) mass is 753 g/mol. The number of ketones is 1. The maximum Gasteiger partial charge on any atom is 0.419 e. The molecule has 1 N–H and O–H groups in total. The van der Waals surface area contributed by atoms with Gasteiger partial charge in [0.05, 0.1) is 34.4 Å². The Balaban J connectivity index is 1.51. The van der Waals surface area contributed by atoms with Crippen LogP contribution in [0.15, 0.2) is 48.5 Å². The second kappa shape index (κ2) is 13.1. The summed E-state index contributed by atoms with van der Waals surface area (Å²) >= 11 is 18.5. The lowest BCUT2D eigenvalue weighted by Crippen LogP contribution is -2.19. The molecule has 3 aromatic rings. The molecule has 1 aliphatic carbocycles. The summed E-state index contributed by atoms with van der Waals surface area (Å²) in [6.07, 6.45) is -12.4. The Morgan fingerprint density at radius 1 is 0.894 bits per heavy atom. The molecule has 18 heteroatoms. The zero-order valence-electron chi connectivity index (χ0n) is 23.2. The van der Waals surface area contributed by atoms with Crippen LogP contribution in [0.3, 0.4) is 0 Å². The van der Waals surface area contributed by atoms with Crippen molar-refractivity contribution >= 4 is 62.0 Å². The summed E-state index contributed by atoms with van der Waals surface area (Å²) in [7, 11) is -4.61. The Hall–Kier alpha value is -3.01. The minimum absolute atomic E-state index is 0.0800. The fourth-order valence-electron chi connectivity index (χ4n) is 4.80. The molecule has 254 valence electrons. The van der Waals surface area contributed by atoms with E-state index in [1.54, 1.807) is 0 Å². The van der Waals surface area contributed by atoms with Gasteiger partial charge in [0.25, 0.3) is 0 Å². The van der Waals surface area contributed by atoms with E-state index in [0.717, 1.165) is 18.2 Å². The quantitative estimate of drug-likeness (QED) is 0.128. The molecule has 0 unspecified atom stereocenters. The van der Waals surface area contributed by atoms with E-state index in [1.165, 1.54) is 12.1 Å². The summed E-state index contributed by atoms with van der Waals surface area (Å²) in [5.41, 5.74) is -3.68. The van der Waals surface area contributed by atoms with Gasteiger partial charge in [-0.3, -0.25) is 9.59 Å². The molecule has 0 aliphatic heterocycles. The van der Waals surface area contributed by atoms with Crippen molar-refractivity contribution in [2.45, 2.75) is 41.2 Å². The molecule has 0 saturated heterocycles. The minimum atomic E-state index is -5.03. The number of halogens is 12. The van der Waals surface area contributed by atoms with Crippen molar-refractivity contribution in [3.63, 3.8) is 0 Å². The van der Waals surface area contributed by atoms with E-state index >= 15 is 4.39 Å². The molecule has 47 heavy (non-hydrogen) atoms. The van der Waals surface area contributed by atoms with E-state index in [4.69, 9.17) is 34.8 Å². The number of hydrogen-bond acceptors (Lipinski definition) is 4. The van der Waals surface area contributed by atoms with Gasteiger partial charge in [-0.15, -0.1) is 23.2 Å². The highest BCUT2D eigenvalue weighted by Gasteiger charge is 2.67. The maximum absolute atomic E-state index is 15.1. The molecule has 1 saturated carbocycles. The predicted molar refractivity (Wildman–Crippen MR) is 155 cm³/mol. The highest BCUT2D eigenvalue weighted by Crippen LogP contribution is 2.65. The van der Waals surface area contributed by atoms with Crippen LogP contribution >= 0.6 is 34.8 Å². The molecule has 1 fully saturated rings. The van der Waals surface area contributed by atoms with Crippen molar-refractivity contribution < 1.29 is 57.5 Å². The second-order valence-corrected chi connectivity index (χ2v) is 14.6. The minimum Gasteiger partial charge on any atom is -0.326 e. The van der Waals surface area contributed by atoms with Crippen LogP contribution in [-0.2, 0) is 33.0 Å². The number of rotatable bonds is 10. The van der Waals surface area contributed by atoms with Gasteiger partial charge in [0.2, 0.25) is 5.91 Å². The first-order valence-electron chi connectivity index (χ1n) is 13.1. The van der Waals surface area contributed by atoms with Gasteiger partial charge < -0.3 is 5.32 Å². The topological polar surface area (TPSA) is 80.3 Å². The largest absolute Gasteiger partial charge is 0.419 e. The summed E-state index contributed by atoms with van der Waals surface area (Å²) in [4.78, 5) is 26.1. The number of benzene rings is 3. The average molecular weight is 755 g/mol. The molecule has 3 aromatic carbocycles. The van der Waals surface area contributed by atoms with Crippen LogP contribution in [0.5, 0.6) is 0 Å². The summed E-state index contributed by atoms with van der Waals surface area (Å²) in [5, 5.41) is 2.20. The number of amides is 1. The molecule has 1 amide bonds. The fraction of sp³-hybridized carbons (Fsp3) is 0.310. The first-order chi connectivity index (χ1) is 21.5. The normalized spacial score (nSPS) is 17.8. The zero-order chi connectivity index (χ0) is 35.3. The molecule has 0 spiro atoms. The van der Waals surface area contributed by atoms with Crippen molar-refractivity contribution in [3.05, 3.63) is 98.8 Å². The number of alkyl halides is 8. The third kappa shape index (κ3) is 8.54. The van der Waals surface area contributed by atoms with E-state index in [-0.39, 0.29) is 21.8 Å². The number of carbonyl (C=O) groups is 2. The van der Waals surface area contributed by atoms with E-state index in [0.29, 0.717) is 18.2 Å². The molecule has 1 aliphatic rings. The van der Waals surface area contributed by atoms with Crippen LogP contribution in [-0.4, -0.2) is 36.4 Å². The molecule has 0 heterocycles. The van der Waals surface area contributed by atoms with Gasteiger partial charge in [-0.1, -0.05) is 23.7 Å². The Bertz CT molecular complexity index is 1850. The molecule has 4 rings (SSSR count). The SMILES string of the molecule is O=C(Cc1ccc(F)c(CS(=O)(=O)CCC(F)(F)F)c1F)c1cc(NC(=O)[C@H]2[C@H](c3ccc(F)c(C(F)(F)F)c3)C2(Cl)Cl)ccc1Cl. The van der Waals surface area contributed by atoms with Gasteiger partial charge in [0.1, 0.15) is 21.8 Å². The van der Waals surface area contributed by atoms with Crippen molar-refractivity contribution in [3.8, 4) is 0 Å². The number of nitrogens with one attached hydrogen (secondary N) is 1. The van der Waals surface area contributed by atoms with Crippen LogP contribution in [0, 0.1) is 23.4 Å². The van der Waals surface area contributed by atoms with E-state index in [2.05, 4.69) is 5.32 Å². The Morgan fingerprint density at radius 2 is 1.53 bits per heavy atom. The molecule has 0 radical (unpaired) electrons. The molecule has 2 atom stereocenters. The summed E-state index contributed by atoms with van der Waals surface area (Å²) in [6, 6.07) is 7.00. The molecule has 0 aromatic heterocycles. The fourth-order valence-corrected chi connectivity index (χ4v) is 7.25. The second-order valence-electron chi connectivity index (χ2n) is 10.6. The van der Waals surface area contributed by atoms with E-state index in [1.807, 2.05) is 0 Å². The Labute approximate surface area is 275 Å². The standard InChI is InChI=1S/C29H19Cl3F9NO4S/c30-19-4-3-15(42-26(44)24-23(28(24,31)32)13-1-6-21(34)18(9-13)29(39,40)41)11-16(19)22(43)10-14-2-5-20(33)17(25(14)35)12-47(45,46)8-7-27(36,37)38/h1-6,9,11,23-24H,7-8,10,12H2,(H,42,44)/t23-,24+/m0/s1. The van der Waals surface area contributed by atoms with Crippen LogP contribution in [0.4, 0.5) is 45.2 Å². The van der Waals surface area contributed by atoms with Gasteiger partial charge in [-0.2, -0.15) is 26.3 Å². The smallest absolute Gasteiger partial charge is 0.326 e. The van der Waals surface area contributed by atoms with Crippen molar-refractivity contribution in [1.29, 1.82) is 0 Å². The average Bonchev–Trinajstić information content (AvgIpc) is 3.53. The number of sulfone groups is 1. The zero-order valence-corrected chi connectivity index (χ0v) is 26.3. The third-order valence-electron chi connectivity index (χ3n) is 7.20. The maximum atomic E-state index is 15.1. The van der Waals surface area contributed by atoms with Crippen molar-refractivity contribution in [1.82, 2.24) is 0 Å². The van der Waals surface area contributed by atoms with E-state index < -0.39 is 109 Å². The highest BCUT2D eigenvalue weighted by molar-refractivity contribution is 7.90. The lowest BCUT2D eigenvalue weighted by Gasteiger charge is -2.12. The third-order valence-corrected chi connectivity index (χ3v) is 10.0. The first kappa shape index (κ1) is 36.8. The molecule has 5 nitrogen and oxygen atoms in total. The van der Waals surface area contributed by atoms with Gasteiger partial charge in [0, 0.05) is 29.2 Å².